The molecule has 10 heteroatoms. The Morgan fingerprint density at radius 1 is 1.26 bits per heavy atom. The molecule has 1 aromatic heterocycles. The SMILES string of the molecule is N#Cc1ccc(C2CCc3ncc(C(=O)N4CCN(Cc5cc(O)ccc5Cl)C(=O)C4)n32)cc1F. The number of carbonyl (C=O) groups is 2. The molecular weight excluding hydrogens is 473 g/mol. The van der Waals surface area contributed by atoms with Gasteiger partial charge in [0.25, 0.3) is 5.91 Å². The molecule has 1 atom stereocenters. The molecule has 0 bridgehead atoms. The van der Waals surface area contributed by atoms with Crippen LogP contribution in [0, 0.1) is 17.1 Å². The molecule has 1 N–H and O–H groups in total. The van der Waals surface area contributed by atoms with Crippen molar-refractivity contribution in [2.24, 2.45) is 0 Å². The Balaban J connectivity index is 1.33. The van der Waals surface area contributed by atoms with Crippen molar-refractivity contribution in [1.82, 2.24) is 19.4 Å². The number of fused-ring (bicyclic) bond motifs is 1. The molecular formula is C25H21ClFN5O3. The maximum absolute atomic E-state index is 14.3. The largest absolute Gasteiger partial charge is 0.508 e. The minimum atomic E-state index is -0.597. The van der Waals surface area contributed by atoms with E-state index in [0.29, 0.717) is 47.8 Å². The summed E-state index contributed by atoms with van der Waals surface area (Å²) in [6.45, 7) is 0.800. The Hall–Kier alpha value is -3.90. The molecule has 35 heavy (non-hydrogen) atoms. The van der Waals surface area contributed by atoms with Gasteiger partial charge in [-0.1, -0.05) is 17.7 Å². The number of hydrogen-bond acceptors (Lipinski definition) is 5. The van der Waals surface area contributed by atoms with Gasteiger partial charge in [-0.3, -0.25) is 9.59 Å². The van der Waals surface area contributed by atoms with Gasteiger partial charge in [0.15, 0.2) is 0 Å². The van der Waals surface area contributed by atoms with Crippen LogP contribution in [-0.2, 0) is 17.8 Å². The van der Waals surface area contributed by atoms with Crippen LogP contribution in [0.15, 0.2) is 42.6 Å². The number of nitrogens with zero attached hydrogens (tertiary/aromatic N) is 5. The lowest BCUT2D eigenvalue weighted by Gasteiger charge is -2.34. The first-order valence-corrected chi connectivity index (χ1v) is 11.5. The second kappa shape index (κ2) is 9.04. The van der Waals surface area contributed by atoms with E-state index in [-0.39, 0.29) is 42.3 Å². The van der Waals surface area contributed by atoms with E-state index < -0.39 is 5.82 Å². The van der Waals surface area contributed by atoms with Gasteiger partial charge in [-0.25, -0.2) is 9.37 Å². The Morgan fingerprint density at radius 3 is 2.83 bits per heavy atom. The first kappa shape index (κ1) is 22.9. The molecule has 3 heterocycles. The van der Waals surface area contributed by atoms with Crippen molar-refractivity contribution >= 4 is 23.4 Å². The Morgan fingerprint density at radius 2 is 2.09 bits per heavy atom. The number of rotatable bonds is 4. The predicted molar refractivity (Wildman–Crippen MR) is 124 cm³/mol. The molecule has 1 saturated heterocycles. The molecule has 2 aliphatic heterocycles. The van der Waals surface area contributed by atoms with E-state index in [9.17, 15) is 19.1 Å². The van der Waals surface area contributed by atoms with E-state index in [2.05, 4.69) is 4.98 Å². The molecule has 2 aliphatic rings. The van der Waals surface area contributed by atoms with Crippen LogP contribution in [0.1, 0.15) is 45.5 Å². The van der Waals surface area contributed by atoms with E-state index in [4.69, 9.17) is 16.9 Å². The highest BCUT2D eigenvalue weighted by atomic mass is 35.5. The van der Waals surface area contributed by atoms with Crippen molar-refractivity contribution in [1.29, 1.82) is 5.26 Å². The van der Waals surface area contributed by atoms with Crippen molar-refractivity contribution in [2.75, 3.05) is 19.6 Å². The second-order valence-corrected chi connectivity index (χ2v) is 9.06. The standard InChI is InChI=1S/C25H21ClFN5O3/c26-19-4-3-18(33)9-17(19)13-30-7-8-31(14-24(30)34)25(35)22-12-29-23-6-5-21(32(22)23)15-1-2-16(11-28)20(27)10-15/h1-4,9-10,12,21,33H,5-8,13-14H2. The molecule has 1 unspecified atom stereocenters. The Kier molecular flexibility index (Phi) is 5.91. The number of phenolic OH excluding ortho intramolecular Hbond substituents is 1. The highest BCUT2D eigenvalue weighted by Crippen LogP contribution is 2.34. The highest BCUT2D eigenvalue weighted by molar-refractivity contribution is 6.31. The van der Waals surface area contributed by atoms with Crippen LogP contribution in [0.3, 0.4) is 0 Å². The molecule has 0 spiro atoms. The molecule has 5 rings (SSSR count). The molecule has 178 valence electrons. The summed E-state index contributed by atoms with van der Waals surface area (Å²) in [6, 6.07) is 10.6. The van der Waals surface area contributed by atoms with Gasteiger partial charge in [0.05, 0.1) is 17.8 Å². The Labute approximate surface area is 205 Å². The number of amides is 2. The maximum Gasteiger partial charge on any atom is 0.272 e. The lowest BCUT2D eigenvalue weighted by Crippen LogP contribution is -2.52. The minimum absolute atomic E-state index is 0.0303. The van der Waals surface area contributed by atoms with Crippen LogP contribution in [0.4, 0.5) is 4.39 Å². The summed E-state index contributed by atoms with van der Waals surface area (Å²) in [4.78, 5) is 33.7. The smallest absolute Gasteiger partial charge is 0.272 e. The molecule has 3 aromatic rings. The average Bonchev–Trinajstić information content (AvgIpc) is 3.44. The van der Waals surface area contributed by atoms with Gasteiger partial charge >= 0.3 is 0 Å². The maximum atomic E-state index is 14.3. The molecule has 0 aliphatic carbocycles. The van der Waals surface area contributed by atoms with Crippen molar-refractivity contribution in [3.63, 3.8) is 0 Å². The zero-order chi connectivity index (χ0) is 24.7. The van der Waals surface area contributed by atoms with Crippen LogP contribution >= 0.6 is 11.6 Å². The summed E-state index contributed by atoms with van der Waals surface area (Å²) in [5, 5.41) is 19.2. The summed E-state index contributed by atoms with van der Waals surface area (Å²) in [5.74, 6) is -0.340. The average molecular weight is 494 g/mol. The van der Waals surface area contributed by atoms with Crippen LogP contribution in [-0.4, -0.2) is 55.9 Å². The lowest BCUT2D eigenvalue weighted by molar-refractivity contribution is -0.135. The normalized spacial score (nSPS) is 17.4. The third kappa shape index (κ3) is 4.21. The zero-order valence-electron chi connectivity index (χ0n) is 18.6. The van der Waals surface area contributed by atoms with Crippen LogP contribution < -0.4 is 0 Å². The molecule has 0 saturated carbocycles. The quantitative estimate of drug-likeness (QED) is 0.601. The fraction of sp³-hybridized carbons (Fsp3) is 0.280. The number of aryl methyl sites for hydroxylation is 1. The first-order valence-electron chi connectivity index (χ1n) is 11.2. The lowest BCUT2D eigenvalue weighted by atomic mass is 10.0. The number of piperazine rings is 1. The van der Waals surface area contributed by atoms with Gasteiger partial charge < -0.3 is 19.5 Å². The van der Waals surface area contributed by atoms with Crippen LogP contribution in [0.2, 0.25) is 5.02 Å². The number of benzene rings is 2. The number of nitriles is 1. The van der Waals surface area contributed by atoms with E-state index in [1.165, 1.54) is 35.4 Å². The number of halogens is 2. The molecule has 2 aromatic carbocycles. The third-order valence-electron chi connectivity index (χ3n) is 6.54. The van der Waals surface area contributed by atoms with Gasteiger partial charge in [0, 0.05) is 31.1 Å². The summed E-state index contributed by atoms with van der Waals surface area (Å²) < 4.78 is 16.1. The molecule has 2 amide bonds. The van der Waals surface area contributed by atoms with Crippen molar-refractivity contribution in [2.45, 2.75) is 25.4 Å². The van der Waals surface area contributed by atoms with Crippen molar-refractivity contribution in [3.8, 4) is 11.8 Å². The second-order valence-electron chi connectivity index (χ2n) is 8.65. The van der Waals surface area contributed by atoms with E-state index >= 15 is 0 Å². The van der Waals surface area contributed by atoms with Gasteiger partial charge in [-0.05, 0) is 47.9 Å². The summed E-state index contributed by atoms with van der Waals surface area (Å²) in [7, 11) is 0. The number of aromatic nitrogens is 2. The van der Waals surface area contributed by atoms with Crippen molar-refractivity contribution < 1.29 is 19.1 Å². The van der Waals surface area contributed by atoms with Gasteiger partial charge in [-0.15, -0.1) is 0 Å². The number of aromatic hydroxyl groups is 1. The fourth-order valence-electron chi connectivity index (χ4n) is 4.73. The fourth-order valence-corrected chi connectivity index (χ4v) is 4.91. The summed E-state index contributed by atoms with van der Waals surface area (Å²) in [6.07, 6.45) is 2.80. The number of carbonyl (C=O) groups excluding carboxylic acids is 2. The number of hydrogen-bond donors (Lipinski definition) is 1. The highest BCUT2D eigenvalue weighted by Gasteiger charge is 2.34. The van der Waals surface area contributed by atoms with Gasteiger partial charge in [0.1, 0.15) is 35.7 Å². The van der Waals surface area contributed by atoms with Crippen LogP contribution in [0.5, 0.6) is 5.75 Å². The van der Waals surface area contributed by atoms with Gasteiger partial charge in [0.2, 0.25) is 5.91 Å². The van der Waals surface area contributed by atoms with E-state index in [1.54, 1.807) is 17.0 Å². The molecule has 0 radical (unpaired) electrons. The molecule has 1 fully saturated rings. The molecule has 8 nitrogen and oxygen atoms in total. The van der Waals surface area contributed by atoms with Crippen LogP contribution in [0.25, 0.3) is 0 Å². The minimum Gasteiger partial charge on any atom is -0.508 e. The number of phenols is 1. The zero-order valence-corrected chi connectivity index (χ0v) is 19.4. The monoisotopic (exact) mass is 493 g/mol. The summed E-state index contributed by atoms with van der Waals surface area (Å²) >= 11 is 6.19. The van der Waals surface area contributed by atoms with Gasteiger partial charge in [-0.2, -0.15) is 5.26 Å². The number of imidazole rings is 1. The third-order valence-corrected chi connectivity index (χ3v) is 6.91. The van der Waals surface area contributed by atoms with E-state index in [1.807, 2.05) is 10.6 Å². The first-order chi connectivity index (χ1) is 16.9. The topological polar surface area (TPSA) is 102 Å². The predicted octanol–water partition coefficient (Wildman–Crippen LogP) is 3.27. The van der Waals surface area contributed by atoms with E-state index in [0.717, 1.165) is 5.82 Å². The van der Waals surface area contributed by atoms with Crippen molar-refractivity contribution in [3.05, 3.63) is 81.6 Å². The summed E-state index contributed by atoms with van der Waals surface area (Å²) in [5.41, 5.74) is 1.61. The Bertz CT molecular complexity index is 1380.